The number of imidazole rings is 1. The zero-order valence-corrected chi connectivity index (χ0v) is 10.9. The molecule has 2 aromatic rings. The van der Waals surface area contributed by atoms with Crippen molar-refractivity contribution in [1.29, 1.82) is 0 Å². The summed E-state index contributed by atoms with van der Waals surface area (Å²) in [7, 11) is 0. The first kappa shape index (κ1) is 12.1. The summed E-state index contributed by atoms with van der Waals surface area (Å²) < 4.78 is 8.58. The fraction of sp³-hybridized carbons (Fsp3) is 0.250. The topological polar surface area (TPSA) is 53.1 Å². The fourth-order valence-electron chi connectivity index (χ4n) is 1.47. The lowest BCUT2D eigenvalue weighted by molar-refractivity contribution is 0.296. The Morgan fingerprint density at radius 3 is 2.94 bits per heavy atom. The first-order valence-electron chi connectivity index (χ1n) is 5.36. The molecule has 0 aliphatic rings. The highest BCUT2D eigenvalue weighted by Gasteiger charge is 2.02. The maximum atomic E-state index is 5.67. The third-order valence-corrected chi connectivity index (χ3v) is 3.02. The van der Waals surface area contributed by atoms with Crippen molar-refractivity contribution in [2.45, 2.75) is 13.1 Å². The molecular weight excluding hydrogens is 282 g/mol. The molecule has 0 aliphatic carbocycles. The first-order chi connectivity index (χ1) is 8.29. The average molecular weight is 296 g/mol. The summed E-state index contributed by atoms with van der Waals surface area (Å²) >= 11 is 3.47. The van der Waals surface area contributed by atoms with E-state index < -0.39 is 0 Å². The van der Waals surface area contributed by atoms with Crippen LogP contribution in [0.1, 0.15) is 5.56 Å². The van der Waals surface area contributed by atoms with Gasteiger partial charge in [-0.3, -0.25) is 0 Å². The number of nitrogens with two attached hydrogens (primary N) is 1. The van der Waals surface area contributed by atoms with Crippen LogP contribution in [0.15, 0.2) is 41.4 Å². The summed E-state index contributed by atoms with van der Waals surface area (Å²) in [5, 5.41) is 0. The van der Waals surface area contributed by atoms with Crippen molar-refractivity contribution in [1.82, 2.24) is 9.55 Å². The van der Waals surface area contributed by atoms with Gasteiger partial charge in [-0.05, 0) is 33.6 Å². The van der Waals surface area contributed by atoms with Crippen molar-refractivity contribution in [3.8, 4) is 5.75 Å². The Hall–Kier alpha value is -1.33. The van der Waals surface area contributed by atoms with Gasteiger partial charge in [0.2, 0.25) is 0 Å². The Balaban J connectivity index is 1.90. The zero-order valence-electron chi connectivity index (χ0n) is 9.34. The predicted octanol–water partition coefficient (Wildman–Crippen LogP) is 2.18. The number of halogens is 1. The molecular formula is C12H14BrN3O. The molecule has 0 radical (unpaired) electrons. The van der Waals surface area contributed by atoms with Crippen LogP contribution in [0.2, 0.25) is 0 Å². The molecule has 5 heteroatoms. The van der Waals surface area contributed by atoms with E-state index in [1.54, 1.807) is 12.5 Å². The third kappa shape index (κ3) is 3.31. The fourth-order valence-corrected chi connectivity index (χ4v) is 2.01. The van der Waals surface area contributed by atoms with Crippen molar-refractivity contribution >= 4 is 15.9 Å². The molecule has 2 rings (SSSR count). The minimum atomic E-state index is 0.536. The van der Waals surface area contributed by atoms with Gasteiger partial charge >= 0.3 is 0 Å². The Morgan fingerprint density at radius 2 is 2.29 bits per heavy atom. The van der Waals surface area contributed by atoms with Gasteiger partial charge in [-0.15, -0.1) is 0 Å². The Kier molecular flexibility index (Phi) is 4.17. The van der Waals surface area contributed by atoms with E-state index in [0.29, 0.717) is 13.2 Å². The molecule has 0 saturated carbocycles. The minimum absolute atomic E-state index is 0.536. The molecule has 0 spiro atoms. The normalized spacial score (nSPS) is 10.5. The molecule has 17 heavy (non-hydrogen) atoms. The third-order valence-electron chi connectivity index (χ3n) is 2.40. The van der Waals surface area contributed by atoms with E-state index in [1.807, 2.05) is 29.0 Å². The average Bonchev–Trinajstić information content (AvgIpc) is 2.84. The van der Waals surface area contributed by atoms with Crippen LogP contribution in [0.4, 0.5) is 0 Å². The highest BCUT2D eigenvalue weighted by molar-refractivity contribution is 9.10. The van der Waals surface area contributed by atoms with E-state index in [9.17, 15) is 0 Å². The van der Waals surface area contributed by atoms with Crippen LogP contribution in [-0.2, 0) is 13.1 Å². The van der Waals surface area contributed by atoms with Gasteiger partial charge < -0.3 is 15.0 Å². The van der Waals surface area contributed by atoms with Gasteiger partial charge in [0.1, 0.15) is 12.4 Å². The van der Waals surface area contributed by atoms with E-state index in [-0.39, 0.29) is 0 Å². The van der Waals surface area contributed by atoms with Crippen LogP contribution >= 0.6 is 15.9 Å². The summed E-state index contributed by atoms with van der Waals surface area (Å²) in [5.41, 5.74) is 6.64. The van der Waals surface area contributed by atoms with Gasteiger partial charge in [-0.25, -0.2) is 4.98 Å². The monoisotopic (exact) mass is 295 g/mol. The molecule has 1 aromatic heterocycles. The van der Waals surface area contributed by atoms with Gasteiger partial charge in [0.15, 0.2) is 0 Å². The SMILES string of the molecule is NCc1ccc(OCCn2ccnc2)c(Br)c1. The minimum Gasteiger partial charge on any atom is -0.491 e. The number of rotatable bonds is 5. The van der Waals surface area contributed by atoms with Crippen molar-refractivity contribution in [3.63, 3.8) is 0 Å². The number of aromatic nitrogens is 2. The van der Waals surface area contributed by atoms with E-state index in [2.05, 4.69) is 20.9 Å². The molecule has 0 aliphatic heterocycles. The smallest absolute Gasteiger partial charge is 0.133 e. The van der Waals surface area contributed by atoms with Crippen molar-refractivity contribution in [2.75, 3.05) is 6.61 Å². The van der Waals surface area contributed by atoms with Crippen LogP contribution < -0.4 is 10.5 Å². The number of benzene rings is 1. The van der Waals surface area contributed by atoms with E-state index in [1.165, 1.54) is 0 Å². The molecule has 0 saturated heterocycles. The quantitative estimate of drug-likeness (QED) is 0.920. The highest BCUT2D eigenvalue weighted by atomic mass is 79.9. The van der Waals surface area contributed by atoms with Crippen molar-refractivity contribution < 1.29 is 4.74 Å². The molecule has 1 aromatic carbocycles. The molecule has 0 amide bonds. The number of hydrogen-bond acceptors (Lipinski definition) is 3. The lowest BCUT2D eigenvalue weighted by atomic mass is 10.2. The number of hydrogen-bond donors (Lipinski definition) is 1. The second-order valence-electron chi connectivity index (χ2n) is 3.62. The van der Waals surface area contributed by atoms with Gasteiger partial charge in [0.25, 0.3) is 0 Å². The van der Waals surface area contributed by atoms with E-state index in [0.717, 1.165) is 22.3 Å². The maximum absolute atomic E-state index is 5.67. The molecule has 0 bridgehead atoms. The highest BCUT2D eigenvalue weighted by Crippen LogP contribution is 2.25. The van der Waals surface area contributed by atoms with Crippen LogP contribution in [0.25, 0.3) is 0 Å². The molecule has 2 N–H and O–H groups in total. The first-order valence-corrected chi connectivity index (χ1v) is 6.16. The second-order valence-corrected chi connectivity index (χ2v) is 4.47. The summed E-state index contributed by atoms with van der Waals surface area (Å²) in [6.45, 7) is 1.93. The second kappa shape index (κ2) is 5.84. The Morgan fingerprint density at radius 1 is 1.41 bits per heavy atom. The summed E-state index contributed by atoms with van der Waals surface area (Å²) in [5.74, 6) is 0.835. The maximum Gasteiger partial charge on any atom is 0.133 e. The lowest BCUT2D eigenvalue weighted by Crippen LogP contribution is -2.07. The largest absolute Gasteiger partial charge is 0.491 e. The molecule has 90 valence electrons. The summed E-state index contributed by atoms with van der Waals surface area (Å²) in [6.07, 6.45) is 5.44. The van der Waals surface area contributed by atoms with Crippen LogP contribution in [0.5, 0.6) is 5.75 Å². The summed E-state index contributed by atoms with van der Waals surface area (Å²) in [6, 6.07) is 5.88. The van der Waals surface area contributed by atoms with Gasteiger partial charge in [-0.1, -0.05) is 6.07 Å². The number of ether oxygens (including phenoxy) is 1. The molecule has 0 atom stereocenters. The Labute approximate surface area is 109 Å². The standard InChI is InChI=1S/C12H14BrN3O/c13-11-7-10(8-14)1-2-12(11)17-6-5-16-4-3-15-9-16/h1-4,7,9H,5-6,8,14H2. The molecule has 0 unspecified atom stereocenters. The van der Waals surface area contributed by atoms with E-state index >= 15 is 0 Å². The van der Waals surface area contributed by atoms with Crippen molar-refractivity contribution in [3.05, 3.63) is 47.0 Å². The Bertz CT molecular complexity index is 471. The van der Waals surface area contributed by atoms with Crippen LogP contribution in [0, 0.1) is 0 Å². The molecule has 0 fully saturated rings. The van der Waals surface area contributed by atoms with Gasteiger partial charge in [0.05, 0.1) is 17.3 Å². The zero-order chi connectivity index (χ0) is 12.1. The lowest BCUT2D eigenvalue weighted by Gasteiger charge is -2.09. The summed E-state index contributed by atoms with van der Waals surface area (Å²) in [4.78, 5) is 3.97. The van der Waals surface area contributed by atoms with Gasteiger partial charge in [0, 0.05) is 18.9 Å². The van der Waals surface area contributed by atoms with Gasteiger partial charge in [-0.2, -0.15) is 0 Å². The number of nitrogens with zero attached hydrogens (tertiary/aromatic N) is 2. The van der Waals surface area contributed by atoms with Crippen molar-refractivity contribution in [2.24, 2.45) is 5.73 Å². The predicted molar refractivity (Wildman–Crippen MR) is 69.8 cm³/mol. The van der Waals surface area contributed by atoms with E-state index in [4.69, 9.17) is 10.5 Å². The molecule has 1 heterocycles. The van der Waals surface area contributed by atoms with Crippen LogP contribution in [-0.4, -0.2) is 16.2 Å². The molecule has 4 nitrogen and oxygen atoms in total. The van der Waals surface area contributed by atoms with Crippen LogP contribution in [0.3, 0.4) is 0 Å².